The second-order valence-electron chi connectivity index (χ2n) is 5.91. The normalized spacial score (nSPS) is 16.4. The van der Waals surface area contributed by atoms with Crippen molar-refractivity contribution in [3.63, 3.8) is 0 Å². The van der Waals surface area contributed by atoms with Crippen LogP contribution in [-0.4, -0.2) is 36.3 Å². The molecule has 2 aromatic rings. The summed E-state index contributed by atoms with van der Waals surface area (Å²) in [6, 6.07) is 9.36. The molecule has 0 radical (unpaired) electrons. The molecule has 5 nitrogen and oxygen atoms in total. The fourth-order valence-electron chi connectivity index (χ4n) is 2.81. The van der Waals surface area contributed by atoms with Gasteiger partial charge in [0.2, 0.25) is 0 Å². The lowest BCUT2D eigenvalue weighted by atomic mass is 10.0. The van der Waals surface area contributed by atoms with Gasteiger partial charge in [-0.3, -0.25) is 14.5 Å². The number of benzene rings is 2. The number of methoxy groups -OCH3 is 2. The lowest BCUT2D eigenvalue weighted by molar-refractivity contribution is -0.123. The SMILES string of the molecule is COc1ccc2ccc(OC)c(/C=C3/SC(=O)N(C(C)C)C3=O)c2c1. The molecule has 0 unspecified atom stereocenters. The number of amides is 2. The van der Waals surface area contributed by atoms with Gasteiger partial charge in [-0.2, -0.15) is 0 Å². The fourth-order valence-corrected chi connectivity index (χ4v) is 3.75. The summed E-state index contributed by atoms with van der Waals surface area (Å²) in [6.45, 7) is 3.64. The largest absolute Gasteiger partial charge is 0.497 e. The van der Waals surface area contributed by atoms with Crippen LogP contribution in [0.5, 0.6) is 11.5 Å². The lowest BCUT2D eigenvalue weighted by Gasteiger charge is -2.16. The molecule has 0 saturated carbocycles. The first-order valence-electron chi connectivity index (χ1n) is 7.88. The van der Waals surface area contributed by atoms with Gasteiger partial charge >= 0.3 is 0 Å². The second kappa shape index (κ2) is 6.80. The molecule has 0 spiro atoms. The number of nitrogens with zero attached hydrogens (tertiary/aromatic N) is 1. The Labute approximate surface area is 150 Å². The van der Waals surface area contributed by atoms with Crippen molar-refractivity contribution in [3.05, 3.63) is 40.8 Å². The smallest absolute Gasteiger partial charge is 0.293 e. The van der Waals surface area contributed by atoms with Crippen LogP contribution in [0.2, 0.25) is 0 Å². The van der Waals surface area contributed by atoms with Crippen molar-refractivity contribution in [3.8, 4) is 11.5 Å². The van der Waals surface area contributed by atoms with E-state index >= 15 is 0 Å². The average Bonchev–Trinajstić information content (AvgIpc) is 2.88. The minimum absolute atomic E-state index is 0.173. The lowest BCUT2D eigenvalue weighted by Crippen LogP contribution is -2.34. The molecular weight excluding hydrogens is 338 g/mol. The van der Waals surface area contributed by atoms with Gasteiger partial charge in [-0.1, -0.05) is 12.1 Å². The van der Waals surface area contributed by atoms with Gasteiger partial charge in [-0.15, -0.1) is 0 Å². The minimum Gasteiger partial charge on any atom is -0.497 e. The third-order valence-corrected chi connectivity index (χ3v) is 4.95. The molecule has 2 aromatic carbocycles. The summed E-state index contributed by atoms with van der Waals surface area (Å²) in [6.07, 6.45) is 1.73. The number of carbonyl (C=O) groups excluding carboxylic acids is 2. The molecular formula is C19H19NO4S. The number of hydrogen-bond acceptors (Lipinski definition) is 5. The molecule has 1 saturated heterocycles. The van der Waals surface area contributed by atoms with Crippen LogP contribution in [-0.2, 0) is 4.79 Å². The molecule has 1 fully saturated rings. The maximum Gasteiger partial charge on any atom is 0.293 e. The molecule has 0 N–H and O–H groups in total. The fraction of sp³-hybridized carbons (Fsp3) is 0.263. The Hall–Kier alpha value is -2.47. The monoisotopic (exact) mass is 357 g/mol. The van der Waals surface area contributed by atoms with Crippen LogP contribution >= 0.6 is 11.8 Å². The van der Waals surface area contributed by atoms with Crippen LogP contribution in [0.15, 0.2) is 35.2 Å². The van der Waals surface area contributed by atoms with Crippen LogP contribution in [0.4, 0.5) is 4.79 Å². The van der Waals surface area contributed by atoms with Crippen molar-refractivity contribution in [2.75, 3.05) is 14.2 Å². The summed E-state index contributed by atoms with van der Waals surface area (Å²) in [5.74, 6) is 1.08. The standard InChI is InChI=1S/C19H19NO4S/c1-11(2)20-18(21)17(25-19(20)22)10-15-14-9-13(23-3)7-5-12(14)6-8-16(15)24-4/h5-11H,1-4H3/b17-10+. The summed E-state index contributed by atoms with van der Waals surface area (Å²) >= 11 is 0.954. The van der Waals surface area contributed by atoms with Crippen LogP contribution in [0.3, 0.4) is 0 Å². The molecule has 3 rings (SSSR count). The van der Waals surface area contributed by atoms with Gasteiger partial charge in [0.15, 0.2) is 0 Å². The number of fused-ring (bicyclic) bond motifs is 1. The molecule has 0 aromatic heterocycles. The van der Waals surface area contributed by atoms with E-state index in [-0.39, 0.29) is 17.2 Å². The highest BCUT2D eigenvalue weighted by Crippen LogP contribution is 2.38. The quantitative estimate of drug-likeness (QED) is 0.764. The molecule has 1 aliphatic rings. The van der Waals surface area contributed by atoms with E-state index in [0.717, 1.165) is 28.1 Å². The number of carbonyl (C=O) groups is 2. The third-order valence-electron chi connectivity index (χ3n) is 4.07. The van der Waals surface area contributed by atoms with E-state index in [1.54, 1.807) is 20.3 Å². The Bertz CT molecular complexity index is 883. The topological polar surface area (TPSA) is 55.8 Å². The molecule has 2 amide bonds. The second-order valence-corrected chi connectivity index (χ2v) is 6.91. The Morgan fingerprint density at radius 1 is 1.08 bits per heavy atom. The van der Waals surface area contributed by atoms with E-state index < -0.39 is 0 Å². The Kier molecular flexibility index (Phi) is 4.72. The third kappa shape index (κ3) is 3.09. The van der Waals surface area contributed by atoms with E-state index in [4.69, 9.17) is 9.47 Å². The van der Waals surface area contributed by atoms with Crippen molar-refractivity contribution in [1.82, 2.24) is 4.90 Å². The van der Waals surface area contributed by atoms with Crippen LogP contribution in [0.1, 0.15) is 19.4 Å². The first kappa shape index (κ1) is 17.4. The zero-order chi connectivity index (χ0) is 18.1. The first-order valence-corrected chi connectivity index (χ1v) is 8.69. The molecule has 1 aliphatic heterocycles. The minimum atomic E-state index is -0.271. The van der Waals surface area contributed by atoms with Crippen LogP contribution in [0, 0.1) is 0 Å². The average molecular weight is 357 g/mol. The van der Waals surface area contributed by atoms with Crippen LogP contribution < -0.4 is 9.47 Å². The zero-order valence-electron chi connectivity index (χ0n) is 14.5. The van der Waals surface area contributed by atoms with Crippen molar-refractivity contribution in [1.29, 1.82) is 0 Å². The molecule has 1 heterocycles. The molecule has 0 atom stereocenters. The summed E-state index contributed by atoms with van der Waals surface area (Å²) in [5, 5.41) is 1.65. The van der Waals surface area contributed by atoms with Gasteiger partial charge in [-0.25, -0.2) is 0 Å². The number of thioether (sulfide) groups is 1. The van der Waals surface area contributed by atoms with Gasteiger partial charge in [0.05, 0.1) is 19.1 Å². The maximum absolute atomic E-state index is 12.6. The molecule has 0 aliphatic carbocycles. The van der Waals surface area contributed by atoms with E-state index in [1.807, 2.05) is 44.2 Å². The van der Waals surface area contributed by atoms with Gasteiger partial charge in [0.1, 0.15) is 11.5 Å². The van der Waals surface area contributed by atoms with Crippen molar-refractivity contribution < 1.29 is 19.1 Å². The van der Waals surface area contributed by atoms with E-state index in [0.29, 0.717) is 16.4 Å². The van der Waals surface area contributed by atoms with Crippen molar-refractivity contribution in [2.24, 2.45) is 0 Å². The predicted molar refractivity (Wildman–Crippen MR) is 100.0 cm³/mol. The molecule has 0 bridgehead atoms. The van der Waals surface area contributed by atoms with Crippen molar-refractivity contribution >= 4 is 39.8 Å². The Balaban J connectivity index is 2.17. The number of hydrogen-bond donors (Lipinski definition) is 0. The summed E-state index contributed by atoms with van der Waals surface area (Å²) in [4.78, 5) is 26.4. The Morgan fingerprint density at radius 2 is 1.80 bits per heavy atom. The highest BCUT2D eigenvalue weighted by molar-refractivity contribution is 8.18. The zero-order valence-corrected chi connectivity index (χ0v) is 15.3. The van der Waals surface area contributed by atoms with Gasteiger partial charge < -0.3 is 9.47 Å². The Morgan fingerprint density at radius 3 is 2.40 bits per heavy atom. The highest BCUT2D eigenvalue weighted by atomic mass is 32.2. The maximum atomic E-state index is 12.6. The summed E-state index contributed by atoms with van der Waals surface area (Å²) < 4.78 is 10.8. The number of rotatable bonds is 4. The van der Waals surface area contributed by atoms with Crippen LogP contribution in [0.25, 0.3) is 16.8 Å². The highest BCUT2D eigenvalue weighted by Gasteiger charge is 2.36. The van der Waals surface area contributed by atoms with E-state index in [1.165, 1.54) is 4.90 Å². The molecule has 6 heteroatoms. The van der Waals surface area contributed by atoms with Crippen molar-refractivity contribution in [2.45, 2.75) is 19.9 Å². The first-order chi connectivity index (χ1) is 12.0. The van der Waals surface area contributed by atoms with Gasteiger partial charge in [0, 0.05) is 11.6 Å². The van der Waals surface area contributed by atoms with Gasteiger partial charge in [-0.05, 0) is 60.7 Å². The summed E-state index contributed by atoms with van der Waals surface area (Å²) in [5.41, 5.74) is 0.758. The van der Waals surface area contributed by atoms with E-state index in [2.05, 4.69) is 0 Å². The molecule has 25 heavy (non-hydrogen) atoms. The molecule has 130 valence electrons. The predicted octanol–water partition coefficient (Wildman–Crippen LogP) is 4.30. The van der Waals surface area contributed by atoms with Gasteiger partial charge in [0.25, 0.3) is 11.1 Å². The number of imide groups is 1. The summed E-state index contributed by atoms with van der Waals surface area (Å²) in [7, 11) is 3.19. The number of ether oxygens (including phenoxy) is 2. The van der Waals surface area contributed by atoms with E-state index in [9.17, 15) is 9.59 Å².